The van der Waals surface area contributed by atoms with Crippen molar-refractivity contribution in [3.8, 4) is 0 Å². The molecule has 0 saturated heterocycles. The van der Waals surface area contributed by atoms with Crippen molar-refractivity contribution in [2.75, 3.05) is 5.32 Å². The molecule has 0 spiro atoms. The average Bonchev–Trinajstić information content (AvgIpc) is 2.33. The number of hydrogen-bond acceptors (Lipinski definition) is 1. The van der Waals surface area contributed by atoms with Gasteiger partial charge in [0.15, 0.2) is 0 Å². The van der Waals surface area contributed by atoms with Gasteiger partial charge in [0.1, 0.15) is 5.82 Å². The summed E-state index contributed by atoms with van der Waals surface area (Å²) in [6, 6.07) is 11.0. The first-order valence-electron chi connectivity index (χ1n) is 5.51. The Hall–Kier alpha value is -0.870. The van der Waals surface area contributed by atoms with Gasteiger partial charge >= 0.3 is 0 Å². The third kappa shape index (κ3) is 3.12. The maximum atomic E-state index is 13.7. The topological polar surface area (TPSA) is 12.0 Å². The summed E-state index contributed by atoms with van der Waals surface area (Å²) in [6.45, 7) is 2.48. The zero-order chi connectivity index (χ0) is 13.1. The van der Waals surface area contributed by atoms with E-state index in [1.54, 1.807) is 6.07 Å². The highest BCUT2D eigenvalue weighted by atomic mass is 79.9. The van der Waals surface area contributed by atoms with Gasteiger partial charge < -0.3 is 5.32 Å². The predicted molar refractivity (Wildman–Crippen MR) is 80.3 cm³/mol. The summed E-state index contributed by atoms with van der Waals surface area (Å²) >= 11 is 6.77. The average molecular weight is 373 g/mol. The van der Waals surface area contributed by atoms with E-state index in [9.17, 15) is 4.39 Å². The van der Waals surface area contributed by atoms with Gasteiger partial charge in [0.05, 0.1) is 0 Å². The van der Waals surface area contributed by atoms with Gasteiger partial charge in [-0.15, -0.1) is 0 Å². The number of anilines is 1. The van der Waals surface area contributed by atoms with E-state index >= 15 is 0 Å². The molecule has 0 radical (unpaired) electrons. The second-order valence-electron chi connectivity index (χ2n) is 4.03. The fourth-order valence-electron chi connectivity index (χ4n) is 1.64. The fraction of sp³-hybridized carbons (Fsp3) is 0.143. The molecule has 94 valence electrons. The third-order valence-electron chi connectivity index (χ3n) is 2.68. The SMILES string of the molecule is Cc1cccc(NCc2ccc(Br)cc2F)c1Br. The Bertz CT molecular complexity index is 570. The highest BCUT2D eigenvalue weighted by molar-refractivity contribution is 9.11. The fourth-order valence-corrected chi connectivity index (χ4v) is 2.38. The number of halogens is 3. The largest absolute Gasteiger partial charge is 0.380 e. The molecule has 2 rings (SSSR count). The van der Waals surface area contributed by atoms with E-state index in [0.717, 1.165) is 20.2 Å². The van der Waals surface area contributed by atoms with Crippen molar-refractivity contribution in [1.29, 1.82) is 0 Å². The summed E-state index contributed by atoms with van der Waals surface area (Å²) in [4.78, 5) is 0. The summed E-state index contributed by atoms with van der Waals surface area (Å²) < 4.78 is 15.4. The molecule has 0 amide bonds. The van der Waals surface area contributed by atoms with Crippen molar-refractivity contribution in [3.05, 3.63) is 62.3 Å². The number of nitrogens with one attached hydrogen (secondary N) is 1. The van der Waals surface area contributed by atoms with Gasteiger partial charge in [0, 0.05) is 26.7 Å². The quantitative estimate of drug-likeness (QED) is 0.773. The highest BCUT2D eigenvalue weighted by Gasteiger charge is 2.05. The number of aryl methyl sites for hydroxylation is 1. The minimum absolute atomic E-state index is 0.208. The molecule has 1 nitrogen and oxygen atoms in total. The van der Waals surface area contributed by atoms with Crippen molar-refractivity contribution < 1.29 is 4.39 Å². The van der Waals surface area contributed by atoms with E-state index in [2.05, 4.69) is 37.2 Å². The van der Waals surface area contributed by atoms with Crippen LogP contribution in [0.2, 0.25) is 0 Å². The Morgan fingerprint density at radius 2 is 1.94 bits per heavy atom. The molecule has 0 heterocycles. The first kappa shape index (κ1) is 13.6. The van der Waals surface area contributed by atoms with Crippen LogP contribution in [-0.2, 0) is 6.54 Å². The first-order chi connectivity index (χ1) is 8.58. The maximum absolute atomic E-state index is 13.7. The van der Waals surface area contributed by atoms with Gasteiger partial charge in [-0.2, -0.15) is 0 Å². The molecule has 0 fully saturated rings. The van der Waals surface area contributed by atoms with Gasteiger partial charge in [-0.05, 0) is 46.6 Å². The first-order valence-corrected chi connectivity index (χ1v) is 7.09. The van der Waals surface area contributed by atoms with Crippen LogP contribution < -0.4 is 5.32 Å². The lowest BCUT2D eigenvalue weighted by Gasteiger charge is -2.11. The van der Waals surface area contributed by atoms with Crippen molar-refractivity contribution in [2.45, 2.75) is 13.5 Å². The van der Waals surface area contributed by atoms with Crippen LogP contribution in [0.5, 0.6) is 0 Å². The van der Waals surface area contributed by atoms with E-state index in [1.807, 2.05) is 31.2 Å². The molecule has 0 atom stereocenters. The minimum Gasteiger partial charge on any atom is -0.380 e. The molecule has 1 N–H and O–H groups in total. The molecule has 0 aliphatic rings. The lowest BCUT2D eigenvalue weighted by molar-refractivity contribution is 0.612. The van der Waals surface area contributed by atoms with Gasteiger partial charge in [0.2, 0.25) is 0 Å². The molecule has 0 unspecified atom stereocenters. The van der Waals surface area contributed by atoms with Gasteiger partial charge in [-0.1, -0.05) is 34.1 Å². The Kier molecular flexibility index (Phi) is 4.40. The Labute approximate surface area is 123 Å². The number of hydrogen-bond donors (Lipinski definition) is 1. The smallest absolute Gasteiger partial charge is 0.129 e. The molecule has 0 aliphatic carbocycles. The van der Waals surface area contributed by atoms with Crippen molar-refractivity contribution in [3.63, 3.8) is 0 Å². The van der Waals surface area contributed by atoms with Gasteiger partial charge in [-0.3, -0.25) is 0 Å². The van der Waals surface area contributed by atoms with Crippen LogP contribution in [0.4, 0.5) is 10.1 Å². The summed E-state index contributed by atoms with van der Waals surface area (Å²) in [6.07, 6.45) is 0. The zero-order valence-electron chi connectivity index (χ0n) is 9.81. The van der Waals surface area contributed by atoms with Crippen molar-refractivity contribution in [1.82, 2.24) is 0 Å². The molecule has 0 bridgehead atoms. The van der Waals surface area contributed by atoms with E-state index in [0.29, 0.717) is 12.1 Å². The lowest BCUT2D eigenvalue weighted by atomic mass is 10.2. The maximum Gasteiger partial charge on any atom is 0.129 e. The lowest BCUT2D eigenvalue weighted by Crippen LogP contribution is -2.02. The van der Waals surface area contributed by atoms with Crippen LogP contribution in [-0.4, -0.2) is 0 Å². The van der Waals surface area contributed by atoms with Crippen LogP contribution in [0.25, 0.3) is 0 Å². The number of rotatable bonds is 3. The third-order valence-corrected chi connectivity index (χ3v) is 4.22. The zero-order valence-corrected chi connectivity index (χ0v) is 13.0. The summed E-state index contributed by atoms with van der Waals surface area (Å²) in [5.74, 6) is -0.208. The summed E-state index contributed by atoms with van der Waals surface area (Å²) in [7, 11) is 0. The predicted octanol–water partition coefficient (Wildman–Crippen LogP) is 5.27. The summed E-state index contributed by atoms with van der Waals surface area (Å²) in [5.41, 5.74) is 2.76. The Morgan fingerprint density at radius 1 is 1.17 bits per heavy atom. The van der Waals surface area contributed by atoms with Crippen LogP contribution >= 0.6 is 31.9 Å². The van der Waals surface area contributed by atoms with Crippen molar-refractivity contribution in [2.24, 2.45) is 0 Å². The molecule has 0 saturated carbocycles. The monoisotopic (exact) mass is 371 g/mol. The molecule has 2 aromatic rings. The molecule has 4 heteroatoms. The molecular formula is C14H12Br2FN. The molecule has 0 aromatic heterocycles. The second kappa shape index (κ2) is 5.85. The van der Waals surface area contributed by atoms with Gasteiger partial charge in [0.25, 0.3) is 0 Å². The van der Waals surface area contributed by atoms with E-state index in [-0.39, 0.29) is 5.82 Å². The van der Waals surface area contributed by atoms with E-state index in [1.165, 1.54) is 6.07 Å². The molecule has 0 aliphatic heterocycles. The van der Waals surface area contributed by atoms with Crippen LogP contribution in [0, 0.1) is 12.7 Å². The minimum atomic E-state index is -0.208. The molecule has 2 aromatic carbocycles. The van der Waals surface area contributed by atoms with Crippen LogP contribution in [0.3, 0.4) is 0 Å². The normalized spacial score (nSPS) is 10.4. The van der Waals surface area contributed by atoms with Crippen LogP contribution in [0.15, 0.2) is 45.3 Å². The van der Waals surface area contributed by atoms with E-state index in [4.69, 9.17) is 0 Å². The van der Waals surface area contributed by atoms with E-state index < -0.39 is 0 Å². The molecule has 18 heavy (non-hydrogen) atoms. The Balaban J connectivity index is 2.14. The second-order valence-corrected chi connectivity index (χ2v) is 5.73. The standard InChI is InChI=1S/C14H12Br2FN/c1-9-3-2-4-13(14(9)16)18-8-10-5-6-11(15)7-12(10)17/h2-7,18H,8H2,1H3. The van der Waals surface area contributed by atoms with Crippen LogP contribution in [0.1, 0.15) is 11.1 Å². The Morgan fingerprint density at radius 3 is 2.67 bits per heavy atom. The van der Waals surface area contributed by atoms with Crippen molar-refractivity contribution >= 4 is 37.5 Å². The van der Waals surface area contributed by atoms with Gasteiger partial charge in [-0.25, -0.2) is 4.39 Å². The summed E-state index contributed by atoms with van der Waals surface area (Å²) in [5, 5.41) is 3.23. The highest BCUT2D eigenvalue weighted by Crippen LogP contribution is 2.26. The number of benzene rings is 2. The molecular weight excluding hydrogens is 361 g/mol.